The number of nitrogens with one attached hydrogen (secondary N) is 2. The molecule has 4 amide bonds. The van der Waals surface area contributed by atoms with Crippen LogP contribution in [0.4, 0.5) is 23.7 Å². The number of anilines is 1. The van der Waals surface area contributed by atoms with Crippen molar-refractivity contribution in [3.05, 3.63) is 52.5 Å². The van der Waals surface area contributed by atoms with Gasteiger partial charge in [-0.05, 0) is 36.8 Å². The molecule has 1 heterocycles. The van der Waals surface area contributed by atoms with Gasteiger partial charge in [0.05, 0.1) is 30.5 Å². The highest BCUT2D eigenvalue weighted by Crippen LogP contribution is 2.39. The van der Waals surface area contributed by atoms with Crippen molar-refractivity contribution in [3.63, 3.8) is 0 Å². The first-order valence-corrected chi connectivity index (χ1v) is 9.82. The van der Waals surface area contributed by atoms with Gasteiger partial charge in [0.15, 0.2) is 11.5 Å². The molecule has 2 aromatic carbocycles. The fourth-order valence-corrected chi connectivity index (χ4v) is 3.62. The molecule has 1 fully saturated rings. The maximum absolute atomic E-state index is 13.3. The van der Waals surface area contributed by atoms with Crippen LogP contribution in [0.2, 0.25) is 5.02 Å². The van der Waals surface area contributed by atoms with E-state index in [9.17, 15) is 27.6 Å². The first-order chi connectivity index (χ1) is 15.4. The lowest BCUT2D eigenvalue weighted by atomic mass is 9.91. The molecule has 1 saturated heterocycles. The molecule has 0 saturated carbocycles. The van der Waals surface area contributed by atoms with Crippen LogP contribution in [0.15, 0.2) is 36.4 Å². The number of ether oxygens (including phenoxy) is 2. The third-order valence-electron chi connectivity index (χ3n) is 5.12. The summed E-state index contributed by atoms with van der Waals surface area (Å²) in [6.45, 7) is 0.609. The summed E-state index contributed by atoms with van der Waals surface area (Å²) in [6.07, 6.45) is -4.78. The number of alkyl halides is 3. The van der Waals surface area contributed by atoms with E-state index in [-0.39, 0.29) is 5.02 Å². The second-order valence-electron chi connectivity index (χ2n) is 7.22. The lowest BCUT2D eigenvalue weighted by Crippen LogP contribution is -2.42. The van der Waals surface area contributed by atoms with E-state index in [1.807, 2.05) is 0 Å². The fraction of sp³-hybridized carbons (Fsp3) is 0.286. The van der Waals surface area contributed by atoms with E-state index in [1.165, 1.54) is 33.3 Å². The molecule has 8 nitrogen and oxygen atoms in total. The number of hydrogen-bond acceptors (Lipinski definition) is 5. The Labute approximate surface area is 191 Å². The Hall–Kier alpha value is -3.47. The largest absolute Gasteiger partial charge is 0.493 e. The molecule has 0 unspecified atom stereocenters. The Balaban J connectivity index is 1.84. The second kappa shape index (κ2) is 8.81. The lowest BCUT2D eigenvalue weighted by Gasteiger charge is -2.23. The van der Waals surface area contributed by atoms with Gasteiger partial charge in [-0.2, -0.15) is 13.2 Å². The van der Waals surface area contributed by atoms with Crippen molar-refractivity contribution < 1.29 is 37.0 Å². The quantitative estimate of drug-likeness (QED) is 0.607. The molecule has 0 bridgehead atoms. The Morgan fingerprint density at radius 1 is 1.15 bits per heavy atom. The topological polar surface area (TPSA) is 97.0 Å². The summed E-state index contributed by atoms with van der Waals surface area (Å²) >= 11 is 5.84. The first-order valence-electron chi connectivity index (χ1n) is 9.44. The number of nitrogens with zero attached hydrogens (tertiary/aromatic N) is 1. The third-order valence-corrected chi connectivity index (χ3v) is 5.44. The number of carbonyl (C=O) groups excluding carboxylic acids is 3. The average Bonchev–Trinajstić information content (AvgIpc) is 2.97. The summed E-state index contributed by atoms with van der Waals surface area (Å²) in [6, 6.07) is 6.72. The molecule has 0 aromatic heterocycles. The van der Waals surface area contributed by atoms with E-state index in [0.29, 0.717) is 22.0 Å². The summed E-state index contributed by atoms with van der Waals surface area (Å²) in [4.78, 5) is 38.6. The highest BCUT2D eigenvalue weighted by atomic mass is 35.5. The van der Waals surface area contributed by atoms with Gasteiger partial charge in [-0.3, -0.25) is 14.5 Å². The van der Waals surface area contributed by atoms with E-state index >= 15 is 0 Å². The number of hydrogen-bond donors (Lipinski definition) is 2. The lowest BCUT2D eigenvalue weighted by molar-refractivity contribution is -0.137. The van der Waals surface area contributed by atoms with Gasteiger partial charge < -0.3 is 20.1 Å². The minimum atomic E-state index is -4.78. The number of methoxy groups -OCH3 is 2. The van der Waals surface area contributed by atoms with Gasteiger partial charge in [0.2, 0.25) is 5.91 Å². The molecule has 2 aromatic rings. The Morgan fingerprint density at radius 2 is 1.82 bits per heavy atom. The number of carbonyl (C=O) groups is 3. The molecule has 33 heavy (non-hydrogen) atoms. The fourth-order valence-electron chi connectivity index (χ4n) is 3.39. The standard InChI is InChI=1S/C21H19ClF3N3O5/c1-20(11-7-8-14(32-2)15(9-11)33-3)18(30)28(19(31)27-20)10-16(29)26-17-12(21(23,24)25)5-4-6-13(17)22/h4-9H,10H2,1-3H3,(H,26,29)(H,27,31)/t20-/m1/s1. The van der Waals surface area contributed by atoms with E-state index in [0.717, 1.165) is 12.1 Å². The van der Waals surface area contributed by atoms with Gasteiger partial charge in [-0.25, -0.2) is 4.79 Å². The number of amides is 4. The SMILES string of the molecule is COc1ccc([C@@]2(C)NC(=O)N(CC(=O)Nc3c(Cl)cccc3C(F)(F)F)C2=O)cc1OC. The zero-order chi connectivity index (χ0) is 24.6. The number of urea groups is 1. The van der Waals surface area contributed by atoms with Crippen LogP contribution in [-0.4, -0.2) is 43.5 Å². The predicted octanol–water partition coefficient (Wildman–Crippen LogP) is 3.78. The van der Waals surface area contributed by atoms with Crippen LogP contribution < -0.4 is 20.1 Å². The van der Waals surface area contributed by atoms with Gasteiger partial charge in [-0.15, -0.1) is 0 Å². The van der Waals surface area contributed by atoms with Crippen LogP contribution in [-0.2, 0) is 21.3 Å². The molecule has 0 radical (unpaired) electrons. The summed E-state index contributed by atoms with van der Waals surface area (Å²) < 4.78 is 50.1. The van der Waals surface area contributed by atoms with Crippen LogP contribution in [0, 0.1) is 0 Å². The number of imide groups is 1. The number of halogens is 4. The van der Waals surface area contributed by atoms with E-state index in [2.05, 4.69) is 10.6 Å². The van der Waals surface area contributed by atoms with Crippen LogP contribution in [0.25, 0.3) is 0 Å². The van der Waals surface area contributed by atoms with Crippen molar-refractivity contribution >= 4 is 35.1 Å². The normalized spacial score (nSPS) is 18.2. The van der Waals surface area contributed by atoms with Crippen LogP contribution in [0.1, 0.15) is 18.1 Å². The Kier molecular flexibility index (Phi) is 6.46. The van der Waals surface area contributed by atoms with Gasteiger partial charge in [0.25, 0.3) is 5.91 Å². The predicted molar refractivity (Wildman–Crippen MR) is 112 cm³/mol. The maximum Gasteiger partial charge on any atom is 0.418 e. The summed E-state index contributed by atoms with van der Waals surface area (Å²) in [5.74, 6) is -1.09. The Morgan fingerprint density at radius 3 is 2.42 bits per heavy atom. The van der Waals surface area contributed by atoms with Gasteiger partial charge in [0, 0.05) is 0 Å². The van der Waals surface area contributed by atoms with E-state index in [1.54, 1.807) is 12.1 Å². The highest BCUT2D eigenvalue weighted by molar-refractivity contribution is 6.34. The first kappa shape index (κ1) is 24.2. The van der Waals surface area contributed by atoms with Crippen LogP contribution >= 0.6 is 11.6 Å². The summed E-state index contributed by atoms with van der Waals surface area (Å²) in [5, 5.41) is 4.22. The minimum absolute atomic E-state index is 0.313. The number of rotatable bonds is 6. The monoisotopic (exact) mass is 485 g/mol. The van der Waals surface area contributed by atoms with Crippen molar-refractivity contribution in [2.75, 3.05) is 26.1 Å². The molecule has 2 N–H and O–H groups in total. The number of para-hydroxylation sites is 1. The zero-order valence-corrected chi connectivity index (χ0v) is 18.4. The Bertz CT molecular complexity index is 1120. The van der Waals surface area contributed by atoms with Gasteiger partial charge in [-0.1, -0.05) is 23.7 Å². The summed E-state index contributed by atoms with van der Waals surface area (Å²) in [7, 11) is 2.84. The smallest absolute Gasteiger partial charge is 0.418 e. The molecule has 12 heteroatoms. The molecule has 0 aliphatic carbocycles. The molecule has 176 valence electrons. The third kappa shape index (κ3) is 4.54. The van der Waals surface area contributed by atoms with Crippen molar-refractivity contribution in [2.45, 2.75) is 18.6 Å². The zero-order valence-electron chi connectivity index (χ0n) is 17.7. The number of benzene rings is 2. The molecular formula is C21H19ClF3N3O5. The molecular weight excluding hydrogens is 467 g/mol. The average molecular weight is 486 g/mol. The van der Waals surface area contributed by atoms with Crippen LogP contribution in [0.5, 0.6) is 11.5 Å². The van der Waals surface area contributed by atoms with Crippen molar-refractivity contribution in [1.82, 2.24) is 10.2 Å². The van der Waals surface area contributed by atoms with Crippen molar-refractivity contribution in [3.8, 4) is 11.5 Å². The molecule has 1 aliphatic rings. The second-order valence-corrected chi connectivity index (χ2v) is 7.63. The minimum Gasteiger partial charge on any atom is -0.493 e. The maximum atomic E-state index is 13.3. The van der Waals surface area contributed by atoms with Gasteiger partial charge in [0.1, 0.15) is 12.1 Å². The van der Waals surface area contributed by atoms with E-state index < -0.39 is 47.4 Å². The van der Waals surface area contributed by atoms with Crippen molar-refractivity contribution in [2.24, 2.45) is 0 Å². The molecule has 0 spiro atoms. The molecule has 1 atom stereocenters. The molecule has 3 rings (SSSR count). The van der Waals surface area contributed by atoms with Crippen molar-refractivity contribution in [1.29, 1.82) is 0 Å². The molecule has 1 aliphatic heterocycles. The van der Waals surface area contributed by atoms with E-state index in [4.69, 9.17) is 21.1 Å². The van der Waals surface area contributed by atoms with Crippen LogP contribution in [0.3, 0.4) is 0 Å². The highest BCUT2D eigenvalue weighted by Gasteiger charge is 2.50. The summed E-state index contributed by atoms with van der Waals surface area (Å²) in [5.41, 5.74) is -3.01. The van der Waals surface area contributed by atoms with Gasteiger partial charge >= 0.3 is 12.2 Å².